The first-order chi connectivity index (χ1) is 8.56. The van der Waals surface area contributed by atoms with Crippen LogP contribution in [-0.2, 0) is 4.74 Å². The Balaban J connectivity index is 2.11. The third-order valence-electron chi connectivity index (χ3n) is 5.50. The molecular weight excluding hydrogens is 222 g/mol. The maximum absolute atomic E-state index is 5.32. The minimum atomic E-state index is 0.384. The van der Waals surface area contributed by atoms with Crippen molar-refractivity contribution >= 4 is 0 Å². The molecule has 0 N–H and O–H groups in total. The van der Waals surface area contributed by atoms with Crippen molar-refractivity contribution < 1.29 is 4.74 Å². The van der Waals surface area contributed by atoms with Crippen LogP contribution in [-0.4, -0.2) is 37.2 Å². The molecule has 1 saturated heterocycles. The van der Waals surface area contributed by atoms with Gasteiger partial charge in [0, 0.05) is 25.3 Å². The van der Waals surface area contributed by atoms with Crippen LogP contribution in [0.2, 0.25) is 0 Å². The Bertz CT molecular complexity index is 351. The van der Waals surface area contributed by atoms with Gasteiger partial charge in [0.25, 0.3) is 0 Å². The van der Waals surface area contributed by atoms with Gasteiger partial charge in [-0.25, -0.2) is 0 Å². The highest BCUT2D eigenvalue weighted by molar-refractivity contribution is 5.32. The molecule has 0 radical (unpaired) electrons. The van der Waals surface area contributed by atoms with Crippen LogP contribution in [0.15, 0.2) is 24.8 Å². The van der Waals surface area contributed by atoms with Crippen LogP contribution in [0.3, 0.4) is 0 Å². The van der Waals surface area contributed by atoms with Gasteiger partial charge in [0.15, 0.2) is 0 Å². The second-order valence-corrected chi connectivity index (χ2v) is 6.11. The molecule has 0 spiro atoms. The van der Waals surface area contributed by atoms with Crippen LogP contribution >= 0.6 is 0 Å². The fraction of sp³-hybridized carbons (Fsp3) is 0.750. The minimum absolute atomic E-state index is 0.384. The number of hydrogen-bond acceptors (Lipinski definition) is 2. The van der Waals surface area contributed by atoms with Crippen molar-refractivity contribution in [1.29, 1.82) is 0 Å². The highest BCUT2D eigenvalue weighted by Crippen LogP contribution is 2.65. The molecule has 1 aliphatic heterocycles. The number of likely N-dealkylation sites (N-methyl/N-ethyl adjacent to an activating group) is 1. The van der Waals surface area contributed by atoms with Crippen molar-refractivity contribution in [2.75, 3.05) is 20.8 Å². The van der Waals surface area contributed by atoms with E-state index in [1.165, 1.54) is 31.3 Å². The molecule has 3 unspecified atom stereocenters. The number of methoxy groups -OCH3 is 1. The first-order valence-corrected chi connectivity index (χ1v) is 7.08. The zero-order valence-electron chi connectivity index (χ0n) is 12.2. The van der Waals surface area contributed by atoms with E-state index in [2.05, 4.69) is 32.0 Å². The lowest BCUT2D eigenvalue weighted by Gasteiger charge is -2.30. The monoisotopic (exact) mass is 249 g/mol. The number of hydrogen-bond donors (Lipinski definition) is 0. The predicted octanol–water partition coefficient (Wildman–Crippen LogP) is 3.40. The van der Waals surface area contributed by atoms with Gasteiger partial charge in [-0.2, -0.15) is 0 Å². The summed E-state index contributed by atoms with van der Waals surface area (Å²) in [4.78, 5) is 2.57. The SMILES string of the molecule is C=CC(=C)CC12CCC(CC)(CCOC)[C@@H]1N2C. The number of fused-ring (bicyclic) bond motifs is 1. The first kappa shape index (κ1) is 13.8. The van der Waals surface area contributed by atoms with E-state index in [4.69, 9.17) is 4.74 Å². The molecule has 2 nitrogen and oxygen atoms in total. The summed E-state index contributed by atoms with van der Waals surface area (Å²) >= 11 is 0. The van der Waals surface area contributed by atoms with Crippen LogP contribution < -0.4 is 0 Å². The molecule has 2 heteroatoms. The lowest BCUT2D eigenvalue weighted by atomic mass is 9.78. The molecule has 0 amide bonds. The Kier molecular flexibility index (Phi) is 3.70. The second kappa shape index (κ2) is 4.82. The van der Waals surface area contributed by atoms with Crippen LogP contribution in [0.4, 0.5) is 0 Å². The number of allylic oxidation sites excluding steroid dienone is 1. The van der Waals surface area contributed by atoms with Crippen molar-refractivity contribution in [1.82, 2.24) is 4.90 Å². The Morgan fingerprint density at radius 1 is 1.50 bits per heavy atom. The highest BCUT2D eigenvalue weighted by Gasteiger charge is 2.71. The average molecular weight is 249 g/mol. The predicted molar refractivity (Wildman–Crippen MR) is 76.7 cm³/mol. The maximum Gasteiger partial charge on any atom is 0.0468 e. The van der Waals surface area contributed by atoms with Gasteiger partial charge in [0.1, 0.15) is 0 Å². The standard InChI is InChI=1S/C16H27NO/c1-6-13(3)12-16-9-8-15(7-2,10-11-18-5)14(16)17(16)4/h6,14H,1,3,7-12H2,2,4-5H3/t14-,15?,16?,17?/m0/s1. The molecule has 2 aliphatic rings. The number of piperidine rings is 1. The maximum atomic E-state index is 5.32. The quantitative estimate of drug-likeness (QED) is 0.506. The van der Waals surface area contributed by atoms with E-state index < -0.39 is 0 Å². The Morgan fingerprint density at radius 3 is 2.72 bits per heavy atom. The molecule has 0 bridgehead atoms. The number of ether oxygens (including phenoxy) is 1. The van der Waals surface area contributed by atoms with Gasteiger partial charge in [-0.3, -0.25) is 4.90 Å². The van der Waals surface area contributed by atoms with Gasteiger partial charge in [-0.15, -0.1) is 0 Å². The van der Waals surface area contributed by atoms with Gasteiger partial charge < -0.3 is 4.74 Å². The van der Waals surface area contributed by atoms with Gasteiger partial charge in [-0.1, -0.05) is 31.7 Å². The topological polar surface area (TPSA) is 12.2 Å². The van der Waals surface area contributed by atoms with Crippen molar-refractivity contribution in [3.8, 4) is 0 Å². The first-order valence-electron chi connectivity index (χ1n) is 7.08. The molecule has 1 heterocycles. The molecule has 0 aromatic heterocycles. The summed E-state index contributed by atoms with van der Waals surface area (Å²) in [5.74, 6) is 0. The lowest BCUT2D eigenvalue weighted by Crippen LogP contribution is -2.28. The third kappa shape index (κ3) is 1.86. The van der Waals surface area contributed by atoms with E-state index in [9.17, 15) is 0 Å². The number of likely N-dealkylation sites (tertiary alicyclic amines) is 1. The average Bonchev–Trinajstić information content (AvgIpc) is 2.82. The largest absolute Gasteiger partial charge is 0.385 e. The summed E-state index contributed by atoms with van der Waals surface area (Å²) in [7, 11) is 4.08. The molecule has 18 heavy (non-hydrogen) atoms. The van der Waals surface area contributed by atoms with Crippen molar-refractivity contribution in [2.24, 2.45) is 5.41 Å². The summed E-state index contributed by atoms with van der Waals surface area (Å²) in [6, 6.07) is 0.724. The zero-order valence-corrected chi connectivity index (χ0v) is 12.2. The van der Waals surface area contributed by atoms with Crippen LogP contribution in [0.1, 0.15) is 39.0 Å². The lowest BCUT2D eigenvalue weighted by molar-refractivity contribution is 0.118. The smallest absolute Gasteiger partial charge is 0.0468 e. The fourth-order valence-corrected chi connectivity index (χ4v) is 4.31. The normalized spacial score (nSPS) is 41.5. The van der Waals surface area contributed by atoms with E-state index in [-0.39, 0.29) is 0 Å². The molecule has 4 atom stereocenters. The van der Waals surface area contributed by atoms with E-state index >= 15 is 0 Å². The Morgan fingerprint density at radius 2 is 2.22 bits per heavy atom. The van der Waals surface area contributed by atoms with E-state index in [0.29, 0.717) is 11.0 Å². The van der Waals surface area contributed by atoms with Gasteiger partial charge in [0.05, 0.1) is 0 Å². The molecule has 0 aromatic carbocycles. The number of rotatable bonds is 7. The number of nitrogens with zero attached hydrogens (tertiary/aromatic N) is 1. The Labute approximate surface area is 112 Å². The summed E-state index contributed by atoms with van der Waals surface area (Å²) in [5, 5.41) is 0. The molecule has 2 rings (SSSR count). The van der Waals surface area contributed by atoms with E-state index in [1.54, 1.807) is 0 Å². The highest BCUT2D eigenvalue weighted by atomic mass is 16.5. The van der Waals surface area contributed by atoms with Gasteiger partial charge in [0.2, 0.25) is 0 Å². The second-order valence-electron chi connectivity index (χ2n) is 6.11. The summed E-state index contributed by atoms with van der Waals surface area (Å²) in [6.07, 6.45) is 8.10. The van der Waals surface area contributed by atoms with Gasteiger partial charge in [-0.05, 0) is 44.6 Å². The molecular formula is C16H27NO. The van der Waals surface area contributed by atoms with Gasteiger partial charge >= 0.3 is 0 Å². The van der Waals surface area contributed by atoms with Crippen LogP contribution in [0.25, 0.3) is 0 Å². The Hall–Kier alpha value is -0.600. The van der Waals surface area contributed by atoms with Crippen LogP contribution in [0, 0.1) is 5.41 Å². The van der Waals surface area contributed by atoms with Crippen LogP contribution in [0.5, 0.6) is 0 Å². The fourth-order valence-electron chi connectivity index (χ4n) is 4.31. The summed E-state index contributed by atoms with van der Waals surface area (Å²) in [6.45, 7) is 11.2. The van der Waals surface area contributed by atoms with E-state index in [0.717, 1.165) is 19.1 Å². The summed E-state index contributed by atoms with van der Waals surface area (Å²) in [5.41, 5.74) is 2.03. The molecule has 1 aliphatic carbocycles. The molecule has 0 aromatic rings. The van der Waals surface area contributed by atoms with Crippen molar-refractivity contribution in [3.63, 3.8) is 0 Å². The molecule has 102 valence electrons. The zero-order chi connectivity index (χ0) is 13.4. The van der Waals surface area contributed by atoms with Crippen molar-refractivity contribution in [2.45, 2.75) is 50.6 Å². The third-order valence-corrected chi connectivity index (χ3v) is 5.50. The molecule has 1 saturated carbocycles. The minimum Gasteiger partial charge on any atom is -0.385 e. The molecule has 2 fully saturated rings. The van der Waals surface area contributed by atoms with E-state index in [1.807, 2.05) is 13.2 Å². The van der Waals surface area contributed by atoms with Crippen molar-refractivity contribution in [3.05, 3.63) is 24.8 Å². The summed E-state index contributed by atoms with van der Waals surface area (Å²) < 4.78 is 5.32.